The van der Waals surface area contributed by atoms with Gasteiger partial charge in [-0.3, -0.25) is 4.40 Å². The average molecular weight is 255 g/mol. The summed E-state index contributed by atoms with van der Waals surface area (Å²) in [5, 5.41) is 11.7. The lowest BCUT2D eigenvalue weighted by atomic mass is 10.2. The predicted octanol–water partition coefficient (Wildman–Crippen LogP) is 2.95. The van der Waals surface area contributed by atoms with E-state index in [0.717, 1.165) is 5.52 Å². The number of aromatic nitrogens is 2. The van der Waals surface area contributed by atoms with Crippen LogP contribution >= 0.6 is 0 Å². The minimum atomic E-state index is -0.342. The molecule has 0 saturated heterocycles. The molecule has 19 heavy (non-hydrogen) atoms. The van der Waals surface area contributed by atoms with Gasteiger partial charge in [-0.2, -0.15) is 0 Å². The second kappa shape index (κ2) is 4.53. The van der Waals surface area contributed by atoms with Crippen LogP contribution in [0, 0.1) is 5.82 Å². The molecule has 0 amide bonds. The number of halogens is 1. The molecule has 0 atom stereocenters. The minimum absolute atomic E-state index is 0.342. The lowest BCUT2D eigenvalue weighted by Gasteiger charge is -2.01. The summed E-state index contributed by atoms with van der Waals surface area (Å²) in [4.78, 5) is 4.32. The first-order valence-electron chi connectivity index (χ1n) is 5.70. The zero-order valence-corrected chi connectivity index (χ0v) is 9.86. The molecule has 0 fully saturated rings. The zero-order chi connectivity index (χ0) is 13.2. The molecule has 3 aromatic rings. The molecule has 0 radical (unpaired) electrons. The monoisotopic (exact) mass is 255 g/mol. The molecule has 0 aliphatic rings. The van der Waals surface area contributed by atoms with Gasteiger partial charge < -0.3 is 5.21 Å². The predicted molar refractivity (Wildman–Crippen MR) is 70.0 cm³/mol. The van der Waals surface area contributed by atoms with Crippen molar-refractivity contribution in [2.24, 2.45) is 5.16 Å². The highest BCUT2D eigenvalue weighted by Gasteiger charge is 2.13. The molecule has 2 aromatic heterocycles. The van der Waals surface area contributed by atoms with Crippen molar-refractivity contribution in [3.05, 3.63) is 60.2 Å². The molecular formula is C14H10FN3O. The molecular weight excluding hydrogens is 245 g/mol. The van der Waals surface area contributed by atoms with Gasteiger partial charge in [0.1, 0.15) is 17.3 Å². The van der Waals surface area contributed by atoms with E-state index in [2.05, 4.69) is 10.1 Å². The lowest BCUT2D eigenvalue weighted by Crippen LogP contribution is -1.91. The van der Waals surface area contributed by atoms with E-state index in [1.807, 2.05) is 18.2 Å². The van der Waals surface area contributed by atoms with E-state index in [9.17, 15) is 4.39 Å². The first kappa shape index (κ1) is 11.4. The standard InChI is InChI=1S/C14H10FN3O/c15-11-6-2-1-5-10(11)14-17-12(9-16-19)13-7-3-4-8-18(13)14/h1-9,19H. The molecule has 0 bridgehead atoms. The minimum Gasteiger partial charge on any atom is -0.411 e. The van der Waals surface area contributed by atoms with Crippen molar-refractivity contribution in [1.29, 1.82) is 0 Å². The maximum atomic E-state index is 13.9. The summed E-state index contributed by atoms with van der Waals surface area (Å²) >= 11 is 0. The number of hydrogen-bond acceptors (Lipinski definition) is 3. The second-order valence-corrected chi connectivity index (χ2v) is 4.00. The Balaban J connectivity index is 2.33. The maximum Gasteiger partial charge on any atom is 0.148 e. The van der Waals surface area contributed by atoms with E-state index in [0.29, 0.717) is 17.1 Å². The van der Waals surface area contributed by atoms with Crippen LogP contribution in [0.5, 0.6) is 0 Å². The van der Waals surface area contributed by atoms with Crippen LogP contribution in [-0.2, 0) is 0 Å². The summed E-state index contributed by atoms with van der Waals surface area (Å²) in [6, 6.07) is 11.9. The first-order chi connectivity index (χ1) is 9.31. The number of fused-ring (bicyclic) bond motifs is 1. The van der Waals surface area contributed by atoms with Crippen LogP contribution in [0.4, 0.5) is 4.39 Å². The first-order valence-corrected chi connectivity index (χ1v) is 5.70. The largest absolute Gasteiger partial charge is 0.411 e. The third kappa shape index (κ3) is 1.85. The summed E-state index contributed by atoms with van der Waals surface area (Å²) in [5.74, 6) is 0.134. The fourth-order valence-corrected chi connectivity index (χ4v) is 2.04. The normalized spacial score (nSPS) is 11.4. The molecule has 0 unspecified atom stereocenters. The van der Waals surface area contributed by atoms with E-state index in [1.165, 1.54) is 12.3 Å². The summed E-state index contributed by atoms with van der Waals surface area (Å²) in [6.45, 7) is 0. The van der Waals surface area contributed by atoms with Gasteiger partial charge in [-0.15, -0.1) is 0 Å². The van der Waals surface area contributed by atoms with Crippen LogP contribution in [0.25, 0.3) is 16.9 Å². The van der Waals surface area contributed by atoms with Gasteiger partial charge >= 0.3 is 0 Å². The fourth-order valence-electron chi connectivity index (χ4n) is 2.04. The van der Waals surface area contributed by atoms with E-state index in [4.69, 9.17) is 5.21 Å². The topological polar surface area (TPSA) is 49.9 Å². The van der Waals surface area contributed by atoms with Gasteiger partial charge in [0.2, 0.25) is 0 Å². The molecule has 2 heterocycles. The van der Waals surface area contributed by atoms with Gasteiger partial charge in [0, 0.05) is 6.20 Å². The average Bonchev–Trinajstić information content (AvgIpc) is 2.79. The quantitative estimate of drug-likeness (QED) is 0.435. The van der Waals surface area contributed by atoms with Gasteiger partial charge in [-0.05, 0) is 24.3 Å². The lowest BCUT2D eigenvalue weighted by molar-refractivity contribution is 0.322. The van der Waals surface area contributed by atoms with Crippen molar-refractivity contribution in [1.82, 2.24) is 9.38 Å². The molecule has 5 heteroatoms. The molecule has 0 aliphatic carbocycles. The number of hydrogen-bond donors (Lipinski definition) is 1. The van der Waals surface area contributed by atoms with Crippen molar-refractivity contribution in [2.45, 2.75) is 0 Å². The highest BCUT2D eigenvalue weighted by molar-refractivity contribution is 5.88. The molecule has 0 spiro atoms. The smallest absolute Gasteiger partial charge is 0.148 e. The van der Waals surface area contributed by atoms with Crippen molar-refractivity contribution >= 4 is 11.7 Å². The van der Waals surface area contributed by atoms with Crippen molar-refractivity contribution in [3.63, 3.8) is 0 Å². The summed E-state index contributed by atoms with van der Waals surface area (Å²) < 4.78 is 15.6. The molecule has 0 aliphatic heterocycles. The van der Waals surface area contributed by atoms with Crippen LogP contribution in [-0.4, -0.2) is 20.8 Å². The molecule has 1 aromatic carbocycles. The Bertz CT molecular complexity index is 764. The van der Waals surface area contributed by atoms with Crippen molar-refractivity contribution in [3.8, 4) is 11.4 Å². The molecule has 1 N–H and O–H groups in total. The van der Waals surface area contributed by atoms with Crippen LogP contribution < -0.4 is 0 Å². The van der Waals surface area contributed by atoms with E-state index < -0.39 is 0 Å². The van der Waals surface area contributed by atoms with Crippen LogP contribution in [0.15, 0.2) is 53.8 Å². The number of pyridine rings is 1. The third-order valence-corrected chi connectivity index (χ3v) is 2.87. The summed E-state index contributed by atoms with van der Waals surface area (Å²) in [5.41, 5.74) is 1.64. The number of imidazole rings is 1. The fraction of sp³-hybridized carbons (Fsp3) is 0. The summed E-state index contributed by atoms with van der Waals surface area (Å²) in [7, 11) is 0. The van der Waals surface area contributed by atoms with E-state index in [1.54, 1.807) is 28.8 Å². The Morgan fingerprint density at radius 1 is 1.16 bits per heavy atom. The molecule has 3 rings (SSSR count). The Hall–Kier alpha value is -2.69. The van der Waals surface area contributed by atoms with E-state index >= 15 is 0 Å². The van der Waals surface area contributed by atoms with Crippen molar-refractivity contribution in [2.75, 3.05) is 0 Å². The second-order valence-electron chi connectivity index (χ2n) is 4.00. The highest BCUT2D eigenvalue weighted by atomic mass is 19.1. The number of rotatable bonds is 2. The molecule has 94 valence electrons. The Morgan fingerprint density at radius 2 is 1.95 bits per heavy atom. The SMILES string of the molecule is ON=Cc1nc(-c2ccccc2F)n2ccccc12. The van der Waals surface area contributed by atoms with Gasteiger partial charge in [0.15, 0.2) is 0 Å². The number of nitrogens with zero attached hydrogens (tertiary/aromatic N) is 3. The van der Waals surface area contributed by atoms with Crippen LogP contribution in [0.3, 0.4) is 0 Å². The highest BCUT2D eigenvalue weighted by Crippen LogP contribution is 2.24. The van der Waals surface area contributed by atoms with Gasteiger partial charge in [0.25, 0.3) is 0 Å². The zero-order valence-electron chi connectivity index (χ0n) is 9.86. The van der Waals surface area contributed by atoms with Gasteiger partial charge in [-0.1, -0.05) is 23.4 Å². The van der Waals surface area contributed by atoms with Crippen LogP contribution in [0.1, 0.15) is 5.69 Å². The third-order valence-electron chi connectivity index (χ3n) is 2.87. The Morgan fingerprint density at radius 3 is 2.74 bits per heavy atom. The summed E-state index contributed by atoms with van der Waals surface area (Å²) in [6.07, 6.45) is 3.03. The Kier molecular flexibility index (Phi) is 2.72. The van der Waals surface area contributed by atoms with Crippen molar-refractivity contribution < 1.29 is 9.60 Å². The van der Waals surface area contributed by atoms with Gasteiger partial charge in [-0.25, -0.2) is 9.37 Å². The van der Waals surface area contributed by atoms with Gasteiger partial charge in [0.05, 0.1) is 17.3 Å². The number of benzene rings is 1. The van der Waals surface area contributed by atoms with Crippen LogP contribution in [0.2, 0.25) is 0 Å². The molecule has 0 saturated carbocycles. The maximum absolute atomic E-state index is 13.9. The Labute approximate surface area is 108 Å². The number of oxime groups is 1. The molecule has 4 nitrogen and oxygen atoms in total. The van der Waals surface area contributed by atoms with E-state index in [-0.39, 0.29) is 5.82 Å².